The first-order valence-corrected chi connectivity index (χ1v) is 7.37. The van der Waals surface area contributed by atoms with Crippen molar-refractivity contribution >= 4 is 11.6 Å². The minimum atomic E-state index is -0.619. The Morgan fingerprint density at radius 3 is 2.80 bits per heavy atom. The summed E-state index contributed by atoms with van der Waals surface area (Å²) in [6.45, 7) is 3.94. The first kappa shape index (κ1) is 14.9. The predicted octanol–water partition coefficient (Wildman–Crippen LogP) is 2.34. The zero-order valence-electron chi connectivity index (χ0n) is 12.1. The molecule has 20 heavy (non-hydrogen) atoms. The van der Waals surface area contributed by atoms with E-state index in [4.69, 9.17) is 5.73 Å². The summed E-state index contributed by atoms with van der Waals surface area (Å²) in [7, 11) is 0. The molecule has 1 aromatic rings. The Balaban J connectivity index is 1.81. The Kier molecular flexibility index (Phi) is 5.01. The summed E-state index contributed by atoms with van der Waals surface area (Å²) >= 11 is 0. The highest BCUT2D eigenvalue weighted by Gasteiger charge is 2.21. The highest BCUT2D eigenvalue weighted by Crippen LogP contribution is 2.22. The number of hydrogen-bond donors (Lipinski definition) is 2. The van der Waals surface area contributed by atoms with Crippen LogP contribution in [0.3, 0.4) is 0 Å². The summed E-state index contributed by atoms with van der Waals surface area (Å²) in [6, 6.07) is 7.21. The molecule has 110 valence electrons. The summed E-state index contributed by atoms with van der Waals surface area (Å²) in [5, 5.41) is 10.1. The molecule has 1 unspecified atom stereocenters. The van der Waals surface area contributed by atoms with E-state index >= 15 is 0 Å². The Hall–Kier alpha value is -1.55. The van der Waals surface area contributed by atoms with Crippen molar-refractivity contribution in [1.29, 1.82) is 0 Å². The number of carbonyl (C=O) groups is 1. The molecule has 4 nitrogen and oxygen atoms in total. The molecule has 4 heteroatoms. The molecule has 1 saturated heterocycles. The Morgan fingerprint density at radius 2 is 2.15 bits per heavy atom. The Morgan fingerprint density at radius 1 is 1.45 bits per heavy atom. The van der Waals surface area contributed by atoms with Gasteiger partial charge in [0.2, 0.25) is 5.91 Å². The first-order valence-electron chi connectivity index (χ1n) is 7.37. The molecule has 0 saturated carbocycles. The van der Waals surface area contributed by atoms with Gasteiger partial charge in [-0.05, 0) is 42.9 Å². The molecular weight excluding hydrogens is 252 g/mol. The van der Waals surface area contributed by atoms with Gasteiger partial charge in [0.1, 0.15) is 0 Å². The third-order valence-corrected chi connectivity index (χ3v) is 4.06. The predicted molar refractivity (Wildman–Crippen MR) is 80.0 cm³/mol. The van der Waals surface area contributed by atoms with Gasteiger partial charge >= 0.3 is 0 Å². The minimum absolute atomic E-state index is 0.153. The van der Waals surface area contributed by atoms with Gasteiger partial charge in [-0.1, -0.05) is 19.1 Å². The van der Waals surface area contributed by atoms with Crippen molar-refractivity contribution < 1.29 is 9.90 Å². The molecule has 3 N–H and O–H groups in total. The fourth-order valence-electron chi connectivity index (χ4n) is 2.61. The van der Waals surface area contributed by atoms with Crippen molar-refractivity contribution in [3.05, 3.63) is 29.8 Å². The van der Waals surface area contributed by atoms with Crippen molar-refractivity contribution in [3.8, 4) is 0 Å². The van der Waals surface area contributed by atoms with Crippen LogP contribution in [0.25, 0.3) is 0 Å². The van der Waals surface area contributed by atoms with Crippen LogP contribution in [0, 0.1) is 5.92 Å². The minimum Gasteiger partial charge on any atom is -0.399 e. The maximum atomic E-state index is 12.1. The van der Waals surface area contributed by atoms with E-state index in [0.717, 1.165) is 37.4 Å². The van der Waals surface area contributed by atoms with Crippen LogP contribution in [0.2, 0.25) is 0 Å². The van der Waals surface area contributed by atoms with Gasteiger partial charge in [0.15, 0.2) is 0 Å². The van der Waals surface area contributed by atoms with E-state index in [2.05, 4.69) is 6.92 Å². The second-order valence-electron chi connectivity index (χ2n) is 5.79. The summed E-state index contributed by atoms with van der Waals surface area (Å²) < 4.78 is 0. The van der Waals surface area contributed by atoms with Crippen LogP contribution in [0.4, 0.5) is 5.69 Å². The van der Waals surface area contributed by atoms with Gasteiger partial charge in [0.05, 0.1) is 6.10 Å². The quantitative estimate of drug-likeness (QED) is 0.830. The van der Waals surface area contributed by atoms with Crippen LogP contribution in [0.15, 0.2) is 24.3 Å². The van der Waals surface area contributed by atoms with Crippen molar-refractivity contribution in [2.24, 2.45) is 5.92 Å². The molecule has 1 heterocycles. The van der Waals surface area contributed by atoms with Crippen molar-refractivity contribution in [2.75, 3.05) is 18.8 Å². The molecule has 1 aromatic carbocycles. The molecule has 1 fully saturated rings. The molecule has 0 bridgehead atoms. The second-order valence-corrected chi connectivity index (χ2v) is 5.79. The molecule has 0 radical (unpaired) electrons. The van der Waals surface area contributed by atoms with E-state index in [1.165, 1.54) is 0 Å². The van der Waals surface area contributed by atoms with Gasteiger partial charge < -0.3 is 15.7 Å². The van der Waals surface area contributed by atoms with Crippen molar-refractivity contribution in [1.82, 2.24) is 4.90 Å². The molecule has 1 aliphatic rings. The van der Waals surface area contributed by atoms with Crippen LogP contribution < -0.4 is 5.73 Å². The number of nitrogen functional groups attached to an aromatic ring is 1. The smallest absolute Gasteiger partial charge is 0.222 e. The largest absolute Gasteiger partial charge is 0.399 e. The van der Waals surface area contributed by atoms with E-state index in [-0.39, 0.29) is 5.91 Å². The van der Waals surface area contributed by atoms with Gasteiger partial charge in [-0.2, -0.15) is 0 Å². The topological polar surface area (TPSA) is 66.6 Å². The number of carbonyl (C=O) groups excluding carboxylic acids is 1. The number of anilines is 1. The number of nitrogens with zero attached hydrogens (tertiary/aromatic N) is 1. The van der Waals surface area contributed by atoms with Crippen molar-refractivity contribution in [2.45, 2.75) is 38.7 Å². The lowest BCUT2D eigenvalue weighted by atomic mass is 9.98. The summed E-state index contributed by atoms with van der Waals surface area (Å²) in [5.41, 5.74) is 7.12. The second kappa shape index (κ2) is 6.75. The molecular formula is C16H24N2O2. The highest BCUT2D eigenvalue weighted by atomic mass is 16.3. The van der Waals surface area contributed by atoms with E-state index in [0.29, 0.717) is 18.5 Å². The first-order chi connectivity index (χ1) is 9.56. The summed E-state index contributed by atoms with van der Waals surface area (Å²) in [6.07, 6.45) is 2.40. The third kappa shape index (κ3) is 3.97. The van der Waals surface area contributed by atoms with Crippen molar-refractivity contribution in [3.63, 3.8) is 0 Å². The van der Waals surface area contributed by atoms with Gasteiger partial charge in [-0.15, -0.1) is 0 Å². The van der Waals surface area contributed by atoms with Crippen LogP contribution in [-0.4, -0.2) is 29.0 Å². The lowest BCUT2D eigenvalue weighted by Gasteiger charge is -2.30. The molecule has 0 aliphatic carbocycles. The lowest BCUT2D eigenvalue weighted by molar-refractivity contribution is -0.133. The fourth-order valence-corrected chi connectivity index (χ4v) is 2.61. The number of rotatable bonds is 4. The van der Waals surface area contributed by atoms with Gasteiger partial charge in [-0.3, -0.25) is 4.79 Å². The number of aliphatic hydroxyl groups is 1. The SMILES string of the molecule is CC1CCN(C(=O)CCC(O)c2cccc(N)c2)CC1. The number of nitrogens with two attached hydrogens (primary N) is 1. The highest BCUT2D eigenvalue weighted by molar-refractivity contribution is 5.76. The standard InChI is InChI=1S/C16H24N2O2/c1-12-7-9-18(10-8-12)16(20)6-5-15(19)13-3-2-4-14(17)11-13/h2-4,11-12,15,19H,5-10,17H2,1H3. The Labute approximate surface area is 120 Å². The maximum Gasteiger partial charge on any atom is 0.222 e. The van der Waals surface area contributed by atoms with E-state index in [9.17, 15) is 9.90 Å². The average molecular weight is 276 g/mol. The summed E-state index contributed by atoms with van der Waals surface area (Å²) in [5.74, 6) is 0.872. The number of benzene rings is 1. The van der Waals surface area contributed by atoms with Crippen LogP contribution in [0.1, 0.15) is 44.3 Å². The number of hydrogen-bond acceptors (Lipinski definition) is 3. The van der Waals surface area contributed by atoms with E-state index < -0.39 is 6.10 Å². The zero-order valence-corrected chi connectivity index (χ0v) is 12.1. The van der Waals surface area contributed by atoms with E-state index in [1.807, 2.05) is 17.0 Å². The monoisotopic (exact) mass is 276 g/mol. The molecule has 1 amide bonds. The van der Waals surface area contributed by atoms with Gasteiger partial charge in [0, 0.05) is 25.2 Å². The summed E-state index contributed by atoms with van der Waals surface area (Å²) in [4.78, 5) is 14.0. The van der Waals surface area contributed by atoms with Gasteiger partial charge in [-0.25, -0.2) is 0 Å². The molecule has 0 spiro atoms. The number of aliphatic hydroxyl groups excluding tert-OH is 1. The molecule has 2 rings (SSSR count). The van der Waals surface area contributed by atoms with Crippen LogP contribution >= 0.6 is 0 Å². The fraction of sp³-hybridized carbons (Fsp3) is 0.562. The lowest BCUT2D eigenvalue weighted by Crippen LogP contribution is -2.37. The molecule has 1 atom stereocenters. The average Bonchev–Trinajstić information content (AvgIpc) is 2.45. The Bertz CT molecular complexity index is 454. The molecule has 1 aliphatic heterocycles. The zero-order chi connectivity index (χ0) is 14.5. The number of piperidine rings is 1. The number of amides is 1. The van der Waals surface area contributed by atoms with Crippen LogP contribution in [-0.2, 0) is 4.79 Å². The normalized spacial score (nSPS) is 18.0. The third-order valence-electron chi connectivity index (χ3n) is 4.06. The van der Waals surface area contributed by atoms with Gasteiger partial charge in [0.25, 0.3) is 0 Å². The number of likely N-dealkylation sites (tertiary alicyclic amines) is 1. The van der Waals surface area contributed by atoms with Crippen LogP contribution in [0.5, 0.6) is 0 Å². The molecule has 0 aromatic heterocycles. The maximum absolute atomic E-state index is 12.1. The van der Waals surface area contributed by atoms with E-state index in [1.54, 1.807) is 12.1 Å².